The van der Waals surface area contributed by atoms with E-state index in [9.17, 15) is 0 Å². The zero-order chi connectivity index (χ0) is 21.3. The molecule has 0 aromatic carbocycles. The first-order chi connectivity index (χ1) is 15.1. The molecule has 8 heteroatoms. The lowest BCUT2D eigenvalue weighted by atomic mass is 9.64. The van der Waals surface area contributed by atoms with Crippen LogP contribution in [0, 0.1) is 0 Å². The topological polar surface area (TPSA) is 103 Å². The van der Waals surface area contributed by atoms with Crippen molar-refractivity contribution in [1.29, 1.82) is 0 Å². The molecular weight excluding hydrogens is 390 g/mol. The predicted octanol–water partition coefficient (Wildman–Crippen LogP) is 4.27. The number of nitrogens with one attached hydrogen (secondary N) is 1. The Bertz CT molecular complexity index is 1150. The van der Waals surface area contributed by atoms with Crippen LogP contribution in [0.2, 0.25) is 0 Å². The second-order valence-corrected chi connectivity index (χ2v) is 8.15. The molecule has 4 aromatic heterocycles. The van der Waals surface area contributed by atoms with Crippen LogP contribution in [0.5, 0.6) is 0 Å². The van der Waals surface area contributed by atoms with Gasteiger partial charge in [-0.3, -0.25) is 4.98 Å². The van der Waals surface area contributed by atoms with Gasteiger partial charge in [0.05, 0.1) is 16.7 Å². The molecule has 0 amide bonds. The Kier molecular flexibility index (Phi) is 4.89. The van der Waals surface area contributed by atoms with Crippen molar-refractivity contribution in [3.8, 4) is 22.7 Å². The van der Waals surface area contributed by atoms with E-state index in [0.29, 0.717) is 17.8 Å². The molecule has 0 spiro atoms. The normalized spacial score (nSPS) is 14.9. The number of nitrogens with zero attached hydrogens (tertiary/aromatic N) is 6. The van der Waals surface area contributed by atoms with Gasteiger partial charge >= 0.3 is 0 Å². The van der Waals surface area contributed by atoms with Crippen molar-refractivity contribution < 1.29 is 4.52 Å². The first-order valence-corrected chi connectivity index (χ1v) is 10.4. The molecule has 4 aromatic rings. The van der Waals surface area contributed by atoms with Gasteiger partial charge in [-0.1, -0.05) is 17.6 Å². The lowest BCUT2D eigenvalue weighted by Crippen LogP contribution is -2.36. The fourth-order valence-electron chi connectivity index (χ4n) is 3.89. The van der Waals surface area contributed by atoms with Crippen molar-refractivity contribution in [3.05, 3.63) is 66.8 Å². The third kappa shape index (κ3) is 3.65. The van der Waals surface area contributed by atoms with Gasteiger partial charge in [0, 0.05) is 36.4 Å². The van der Waals surface area contributed by atoms with E-state index >= 15 is 0 Å². The largest absolute Gasteiger partial charge is 0.368 e. The Labute approximate surface area is 180 Å². The van der Waals surface area contributed by atoms with E-state index in [4.69, 9.17) is 9.51 Å². The van der Waals surface area contributed by atoms with Crippen LogP contribution in [0.15, 0.2) is 59.9 Å². The lowest BCUT2D eigenvalue weighted by Gasteiger charge is -2.39. The van der Waals surface area contributed by atoms with Crippen LogP contribution in [0.4, 0.5) is 5.82 Å². The van der Waals surface area contributed by atoms with E-state index in [1.165, 1.54) is 6.33 Å². The van der Waals surface area contributed by atoms with Crippen LogP contribution >= 0.6 is 0 Å². The zero-order valence-electron chi connectivity index (χ0n) is 17.5. The average molecular weight is 413 g/mol. The van der Waals surface area contributed by atoms with E-state index in [0.717, 1.165) is 47.5 Å². The van der Waals surface area contributed by atoms with Crippen molar-refractivity contribution in [2.24, 2.45) is 0 Å². The van der Waals surface area contributed by atoms with Gasteiger partial charge in [0.15, 0.2) is 5.82 Å². The van der Waals surface area contributed by atoms with E-state index in [1.54, 1.807) is 18.6 Å². The second-order valence-electron chi connectivity index (χ2n) is 8.15. The molecule has 1 saturated carbocycles. The smallest absolute Gasteiger partial charge is 0.259 e. The highest BCUT2D eigenvalue weighted by molar-refractivity contribution is 5.57. The Hall–Kier alpha value is -3.68. The minimum Gasteiger partial charge on any atom is -0.368 e. The summed E-state index contributed by atoms with van der Waals surface area (Å²) in [5.74, 6) is 2.01. The molecule has 1 aliphatic carbocycles. The number of hydrogen-bond donors (Lipinski definition) is 1. The number of aromatic nitrogens is 6. The summed E-state index contributed by atoms with van der Waals surface area (Å²) in [6, 6.07) is 8.29. The van der Waals surface area contributed by atoms with Crippen molar-refractivity contribution in [3.63, 3.8) is 0 Å². The predicted molar refractivity (Wildman–Crippen MR) is 116 cm³/mol. The third-order valence-corrected chi connectivity index (χ3v) is 5.68. The van der Waals surface area contributed by atoms with Crippen LogP contribution in [0.25, 0.3) is 22.7 Å². The Morgan fingerprint density at radius 1 is 0.935 bits per heavy atom. The molecule has 1 N–H and O–H groups in total. The summed E-state index contributed by atoms with van der Waals surface area (Å²) >= 11 is 0. The van der Waals surface area contributed by atoms with Gasteiger partial charge in [0.2, 0.25) is 0 Å². The molecule has 4 heterocycles. The molecule has 156 valence electrons. The Morgan fingerprint density at radius 2 is 1.77 bits per heavy atom. The van der Waals surface area contributed by atoms with Gasteiger partial charge in [0.1, 0.15) is 12.1 Å². The van der Waals surface area contributed by atoms with Crippen LogP contribution < -0.4 is 5.32 Å². The van der Waals surface area contributed by atoms with Crippen LogP contribution in [-0.2, 0) is 5.41 Å². The van der Waals surface area contributed by atoms with Gasteiger partial charge in [-0.25, -0.2) is 15.0 Å². The van der Waals surface area contributed by atoms with Gasteiger partial charge in [-0.2, -0.15) is 4.98 Å². The highest BCUT2D eigenvalue weighted by Gasteiger charge is 2.44. The number of rotatable bonds is 6. The molecule has 31 heavy (non-hydrogen) atoms. The van der Waals surface area contributed by atoms with Crippen molar-refractivity contribution in [2.75, 3.05) is 5.32 Å². The molecule has 0 saturated heterocycles. The van der Waals surface area contributed by atoms with Gasteiger partial charge in [0.25, 0.3) is 5.89 Å². The maximum Gasteiger partial charge on any atom is 0.259 e. The highest BCUT2D eigenvalue weighted by atomic mass is 16.5. The molecule has 1 fully saturated rings. The fourth-order valence-corrected chi connectivity index (χ4v) is 3.89. The third-order valence-electron chi connectivity index (χ3n) is 5.68. The highest BCUT2D eigenvalue weighted by Crippen LogP contribution is 2.48. The fraction of sp³-hybridized carbons (Fsp3) is 0.304. The Balaban J connectivity index is 1.41. The summed E-state index contributed by atoms with van der Waals surface area (Å²) in [7, 11) is 0. The number of anilines is 1. The van der Waals surface area contributed by atoms with Gasteiger partial charge < -0.3 is 9.84 Å². The monoisotopic (exact) mass is 413 g/mol. The minimum atomic E-state index is -0.257. The summed E-state index contributed by atoms with van der Waals surface area (Å²) in [6.07, 6.45) is 11.8. The zero-order valence-corrected chi connectivity index (χ0v) is 17.5. The molecule has 0 atom stereocenters. The summed E-state index contributed by atoms with van der Waals surface area (Å²) in [4.78, 5) is 21.9. The van der Waals surface area contributed by atoms with Crippen molar-refractivity contribution in [2.45, 2.75) is 44.6 Å². The quantitative estimate of drug-likeness (QED) is 0.500. The SMILES string of the molecule is CC(C)Nc1ccc(-c2nc(C3(c4ccc(-c5cncnc5)nc4)CCC3)no2)cn1. The minimum absolute atomic E-state index is 0.257. The summed E-state index contributed by atoms with van der Waals surface area (Å²) in [6.45, 7) is 4.15. The molecule has 1 aliphatic rings. The molecule has 0 aliphatic heterocycles. The molecule has 0 bridgehead atoms. The summed E-state index contributed by atoms with van der Waals surface area (Å²) in [5, 5.41) is 7.61. The maximum absolute atomic E-state index is 5.61. The second kappa shape index (κ2) is 7.86. The first-order valence-electron chi connectivity index (χ1n) is 10.4. The van der Waals surface area contributed by atoms with E-state index in [2.05, 4.69) is 50.3 Å². The molecule has 0 unspecified atom stereocenters. The molecule has 0 radical (unpaired) electrons. The van der Waals surface area contributed by atoms with Crippen molar-refractivity contribution >= 4 is 5.82 Å². The number of hydrogen-bond acceptors (Lipinski definition) is 8. The van der Waals surface area contributed by atoms with Gasteiger partial charge in [-0.05, 0) is 50.5 Å². The van der Waals surface area contributed by atoms with E-state index < -0.39 is 0 Å². The van der Waals surface area contributed by atoms with E-state index in [-0.39, 0.29) is 5.41 Å². The molecular formula is C23H23N7O. The number of pyridine rings is 2. The van der Waals surface area contributed by atoms with Gasteiger partial charge in [-0.15, -0.1) is 0 Å². The van der Waals surface area contributed by atoms with Crippen LogP contribution in [-0.4, -0.2) is 36.1 Å². The lowest BCUT2D eigenvalue weighted by molar-refractivity contribution is 0.272. The standard InChI is InChI=1S/C23H23N7O/c1-15(2)28-20-7-4-16(12-27-20)21-29-22(30-31-21)23(8-3-9-23)18-5-6-19(26-13-18)17-10-24-14-25-11-17/h4-7,10-15H,3,8-9H2,1-2H3,(H,27,28). The van der Waals surface area contributed by atoms with Crippen molar-refractivity contribution in [1.82, 2.24) is 30.1 Å². The van der Waals surface area contributed by atoms with Crippen LogP contribution in [0.1, 0.15) is 44.5 Å². The van der Waals surface area contributed by atoms with Crippen LogP contribution in [0.3, 0.4) is 0 Å². The first kappa shape index (κ1) is 19.3. The summed E-state index contributed by atoms with van der Waals surface area (Å²) in [5.41, 5.74) is 3.38. The summed E-state index contributed by atoms with van der Waals surface area (Å²) < 4.78 is 5.61. The average Bonchev–Trinajstić information content (AvgIpc) is 3.24. The van der Waals surface area contributed by atoms with E-state index in [1.807, 2.05) is 24.4 Å². The molecule has 5 rings (SSSR count). The maximum atomic E-state index is 5.61. The Morgan fingerprint density at radius 3 is 2.39 bits per heavy atom. The molecule has 8 nitrogen and oxygen atoms in total.